The van der Waals surface area contributed by atoms with Crippen LogP contribution in [-0.2, 0) is 14.4 Å². The van der Waals surface area contributed by atoms with E-state index in [2.05, 4.69) is 0 Å². The van der Waals surface area contributed by atoms with Crippen LogP contribution in [0.2, 0.25) is 0 Å². The number of halogens is 1. The van der Waals surface area contributed by atoms with Crippen molar-refractivity contribution in [2.75, 3.05) is 9.96 Å². The standard InChI is InChI=1S/C24H19FN2O3/c1-15-9-5-6-12-17(15)21-20-22(30-27(21)16-10-3-2-4-11-16)24(29)26(23(20)28)19-14-8-7-13-18(19)25/h2-14,20-22H,1H3/t20-,21+,22-/m1/s1. The molecule has 5 nitrogen and oxygen atoms in total. The number of anilines is 2. The van der Waals surface area contributed by atoms with Crippen molar-refractivity contribution in [1.29, 1.82) is 0 Å². The quantitative estimate of drug-likeness (QED) is 0.617. The van der Waals surface area contributed by atoms with Crippen LogP contribution in [0.4, 0.5) is 15.8 Å². The Hall–Kier alpha value is -3.51. The summed E-state index contributed by atoms with van der Waals surface area (Å²) in [5.41, 5.74) is 2.58. The molecule has 0 aromatic heterocycles. The molecule has 0 N–H and O–H groups in total. The van der Waals surface area contributed by atoms with Gasteiger partial charge in [-0.25, -0.2) is 14.4 Å². The summed E-state index contributed by atoms with van der Waals surface area (Å²) in [4.78, 5) is 33.6. The number of nitrogens with zero attached hydrogens (tertiary/aromatic N) is 2. The van der Waals surface area contributed by atoms with E-state index in [4.69, 9.17) is 4.84 Å². The van der Waals surface area contributed by atoms with Gasteiger partial charge in [0.2, 0.25) is 5.91 Å². The molecular formula is C24H19FN2O3. The molecule has 2 amide bonds. The number of amides is 2. The van der Waals surface area contributed by atoms with Gasteiger partial charge in [-0.15, -0.1) is 0 Å². The van der Waals surface area contributed by atoms with Crippen LogP contribution in [0.15, 0.2) is 78.9 Å². The maximum Gasteiger partial charge on any atom is 0.266 e. The SMILES string of the molecule is Cc1ccccc1[C@H]1[C@H]2C(=O)N(c3ccccc3F)C(=O)[C@@H]2ON1c1ccccc1. The number of benzene rings is 3. The predicted molar refractivity (Wildman–Crippen MR) is 110 cm³/mol. The van der Waals surface area contributed by atoms with Crippen LogP contribution < -0.4 is 9.96 Å². The number of para-hydroxylation sites is 2. The van der Waals surface area contributed by atoms with Crippen molar-refractivity contribution in [3.8, 4) is 0 Å². The second-order valence-corrected chi connectivity index (χ2v) is 7.48. The van der Waals surface area contributed by atoms with Gasteiger partial charge in [-0.1, -0.05) is 54.6 Å². The molecule has 2 aliphatic rings. The first-order chi connectivity index (χ1) is 14.6. The average Bonchev–Trinajstić information content (AvgIpc) is 3.26. The lowest BCUT2D eigenvalue weighted by molar-refractivity contribution is -0.126. The molecular weight excluding hydrogens is 383 g/mol. The smallest absolute Gasteiger partial charge is 0.266 e. The lowest BCUT2D eigenvalue weighted by Gasteiger charge is -2.29. The second-order valence-electron chi connectivity index (χ2n) is 7.48. The number of fused-ring (bicyclic) bond motifs is 1. The highest BCUT2D eigenvalue weighted by atomic mass is 19.1. The minimum atomic E-state index is -1.01. The van der Waals surface area contributed by atoms with Crippen LogP contribution >= 0.6 is 0 Å². The third-order valence-electron chi connectivity index (χ3n) is 5.73. The van der Waals surface area contributed by atoms with Gasteiger partial charge in [0.05, 0.1) is 17.4 Å². The van der Waals surface area contributed by atoms with Crippen LogP contribution in [0.5, 0.6) is 0 Å². The number of carbonyl (C=O) groups is 2. The van der Waals surface area contributed by atoms with Crippen molar-refractivity contribution in [2.24, 2.45) is 5.92 Å². The fourth-order valence-electron chi connectivity index (χ4n) is 4.32. The highest BCUT2D eigenvalue weighted by molar-refractivity contribution is 6.24. The number of hydroxylamine groups is 1. The Morgan fingerprint density at radius 2 is 1.50 bits per heavy atom. The van der Waals surface area contributed by atoms with Crippen molar-refractivity contribution < 1.29 is 18.8 Å². The Kier molecular flexibility index (Phi) is 4.37. The highest BCUT2D eigenvalue weighted by Gasteiger charge is 2.60. The van der Waals surface area contributed by atoms with Gasteiger partial charge >= 0.3 is 0 Å². The zero-order valence-electron chi connectivity index (χ0n) is 16.2. The number of imide groups is 1. The second kappa shape index (κ2) is 7.07. The van der Waals surface area contributed by atoms with E-state index < -0.39 is 35.7 Å². The molecule has 2 aliphatic heterocycles. The van der Waals surface area contributed by atoms with Gasteiger partial charge in [0.25, 0.3) is 5.91 Å². The summed E-state index contributed by atoms with van der Waals surface area (Å²) >= 11 is 0. The minimum absolute atomic E-state index is 0.0414. The fourth-order valence-corrected chi connectivity index (χ4v) is 4.32. The molecule has 2 saturated heterocycles. The lowest BCUT2D eigenvalue weighted by atomic mass is 9.88. The lowest BCUT2D eigenvalue weighted by Crippen LogP contribution is -2.38. The van der Waals surface area contributed by atoms with Crippen molar-refractivity contribution in [2.45, 2.75) is 19.1 Å². The van der Waals surface area contributed by atoms with Gasteiger partial charge in [-0.05, 0) is 42.3 Å². The van der Waals surface area contributed by atoms with E-state index in [1.807, 2.05) is 61.5 Å². The maximum atomic E-state index is 14.4. The summed E-state index contributed by atoms with van der Waals surface area (Å²) in [6, 6.07) is 22.4. The Labute approximate surface area is 173 Å². The number of hydrogen-bond acceptors (Lipinski definition) is 4. The van der Waals surface area contributed by atoms with Gasteiger partial charge in [0.1, 0.15) is 11.7 Å². The Bertz CT molecular complexity index is 1130. The van der Waals surface area contributed by atoms with Gasteiger partial charge < -0.3 is 0 Å². The van der Waals surface area contributed by atoms with Crippen molar-refractivity contribution in [1.82, 2.24) is 0 Å². The summed E-state index contributed by atoms with van der Waals surface area (Å²) in [5, 5.41) is 1.64. The topological polar surface area (TPSA) is 49.9 Å². The van der Waals surface area contributed by atoms with E-state index >= 15 is 0 Å². The van der Waals surface area contributed by atoms with E-state index in [1.165, 1.54) is 18.2 Å². The van der Waals surface area contributed by atoms with Gasteiger partial charge in [-0.2, -0.15) is 0 Å². The molecule has 2 fully saturated rings. The van der Waals surface area contributed by atoms with Crippen LogP contribution in [0, 0.1) is 18.7 Å². The largest absolute Gasteiger partial charge is 0.273 e. The molecule has 0 aliphatic carbocycles. The van der Waals surface area contributed by atoms with Crippen molar-refractivity contribution in [3.63, 3.8) is 0 Å². The first-order valence-corrected chi connectivity index (χ1v) is 9.77. The molecule has 6 heteroatoms. The molecule has 5 rings (SSSR count). The van der Waals surface area contributed by atoms with Gasteiger partial charge in [0, 0.05) is 0 Å². The van der Waals surface area contributed by atoms with Crippen LogP contribution in [-0.4, -0.2) is 17.9 Å². The van der Waals surface area contributed by atoms with E-state index in [9.17, 15) is 14.0 Å². The zero-order chi connectivity index (χ0) is 20.8. The molecule has 3 aromatic carbocycles. The summed E-state index contributed by atoms with van der Waals surface area (Å²) in [5.74, 6) is -2.40. The minimum Gasteiger partial charge on any atom is -0.273 e. The highest BCUT2D eigenvalue weighted by Crippen LogP contribution is 2.48. The number of hydrogen-bond donors (Lipinski definition) is 0. The van der Waals surface area contributed by atoms with Crippen molar-refractivity contribution in [3.05, 3.63) is 95.8 Å². The molecule has 3 aromatic rings. The third-order valence-corrected chi connectivity index (χ3v) is 5.73. The van der Waals surface area contributed by atoms with E-state index in [0.29, 0.717) is 0 Å². The Morgan fingerprint density at radius 1 is 0.833 bits per heavy atom. The molecule has 3 atom stereocenters. The monoisotopic (exact) mass is 402 g/mol. The molecule has 0 unspecified atom stereocenters. The van der Waals surface area contributed by atoms with Gasteiger partial charge in [0.15, 0.2) is 6.10 Å². The van der Waals surface area contributed by atoms with E-state index in [1.54, 1.807) is 11.1 Å². The normalized spacial score (nSPS) is 23.2. The van der Waals surface area contributed by atoms with E-state index in [0.717, 1.165) is 21.7 Å². The van der Waals surface area contributed by atoms with Crippen LogP contribution in [0.1, 0.15) is 17.2 Å². The number of carbonyl (C=O) groups excluding carboxylic acids is 2. The molecule has 30 heavy (non-hydrogen) atoms. The average molecular weight is 402 g/mol. The molecule has 0 spiro atoms. The molecule has 0 radical (unpaired) electrons. The van der Waals surface area contributed by atoms with Crippen LogP contribution in [0.3, 0.4) is 0 Å². The van der Waals surface area contributed by atoms with Crippen LogP contribution in [0.25, 0.3) is 0 Å². The van der Waals surface area contributed by atoms with E-state index in [-0.39, 0.29) is 5.69 Å². The molecule has 150 valence electrons. The predicted octanol–water partition coefficient (Wildman–Crippen LogP) is 4.19. The third kappa shape index (κ3) is 2.72. The summed E-state index contributed by atoms with van der Waals surface area (Å²) in [6.45, 7) is 1.96. The first kappa shape index (κ1) is 18.5. The molecule has 0 saturated carbocycles. The first-order valence-electron chi connectivity index (χ1n) is 9.77. The number of rotatable bonds is 3. The fraction of sp³-hybridized carbons (Fsp3) is 0.167. The maximum absolute atomic E-state index is 14.4. The molecule has 2 heterocycles. The summed E-state index contributed by atoms with van der Waals surface area (Å²) in [7, 11) is 0. The summed E-state index contributed by atoms with van der Waals surface area (Å²) in [6.07, 6.45) is -1.01. The Balaban J connectivity index is 1.62. The zero-order valence-corrected chi connectivity index (χ0v) is 16.2. The number of aryl methyl sites for hydroxylation is 1. The summed E-state index contributed by atoms with van der Waals surface area (Å²) < 4.78 is 14.4. The Morgan fingerprint density at radius 3 is 2.23 bits per heavy atom. The van der Waals surface area contributed by atoms with Gasteiger partial charge in [-0.3, -0.25) is 14.4 Å². The molecule has 0 bridgehead atoms. The van der Waals surface area contributed by atoms with Crippen molar-refractivity contribution >= 4 is 23.2 Å².